The van der Waals surface area contributed by atoms with Crippen molar-refractivity contribution >= 4 is 16.9 Å². The normalized spacial score (nSPS) is 16.7. The third kappa shape index (κ3) is 3.78. The number of aliphatic hydroxyl groups excluding tert-OH is 1. The number of morpholine rings is 1. The lowest BCUT2D eigenvalue weighted by atomic mass is 10.1. The van der Waals surface area contributed by atoms with Crippen LogP contribution >= 0.6 is 0 Å². The van der Waals surface area contributed by atoms with Gasteiger partial charge in [0.05, 0.1) is 30.3 Å². The average Bonchev–Trinajstić information content (AvgIpc) is 3.01. The lowest BCUT2D eigenvalue weighted by molar-refractivity contribution is 0.0149. The predicted octanol–water partition coefficient (Wildman–Crippen LogP) is 1.72. The molecule has 1 aliphatic heterocycles. The van der Waals surface area contributed by atoms with Crippen LogP contribution in [0.5, 0.6) is 0 Å². The van der Waals surface area contributed by atoms with Crippen LogP contribution in [0.4, 0.5) is 17.6 Å². The van der Waals surface area contributed by atoms with Crippen LogP contribution in [0.25, 0.3) is 11.0 Å². The molecule has 1 aromatic heterocycles. The number of ether oxygens (including phenoxy) is 1. The van der Waals surface area contributed by atoms with E-state index in [1.807, 2.05) is 4.90 Å². The Hall–Kier alpha value is -2.17. The Balaban J connectivity index is 1.76. The fourth-order valence-electron chi connectivity index (χ4n) is 3.03. The molecular formula is C17H18F4N2O4. The Morgan fingerprint density at radius 3 is 2.44 bits per heavy atom. The van der Waals surface area contributed by atoms with Crippen molar-refractivity contribution < 1.29 is 36.6 Å². The number of hydrogen-bond acceptors (Lipinski definition) is 5. The van der Waals surface area contributed by atoms with Crippen molar-refractivity contribution in [3.8, 4) is 0 Å². The molecule has 0 bridgehead atoms. The lowest BCUT2D eigenvalue weighted by Crippen LogP contribution is -2.44. The van der Waals surface area contributed by atoms with Crippen LogP contribution in [0.15, 0.2) is 4.42 Å². The van der Waals surface area contributed by atoms with Gasteiger partial charge in [-0.2, -0.15) is 4.39 Å². The summed E-state index contributed by atoms with van der Waals surface area (Å²) in [6.45, 7) is 3.75. The molecule has 2 aromatic rings. The van der Waals surface area contributed by atoms with Crippen molar-refractivity contribution in [3.63, 3.8) is 0 Å². The zero-order chi connectivity index (χ0) is 19.7. The van der Waals surface area contributed by atoms with Crippen molar-refractivity contribution in [2.75, 3.05) is 39.4 Å². The van der Waals surface area contributed by atoms with E-state index in [1.165, 1.54) is 6.92 Å². The quantitative estimate of drug-likeness (QED) is 0.462. The van der Waals surface area contributed by atoms with Gasteiger partial charge in [-0.15, -0.1) is 0 Å². The van der Waals surface area contributed by atoms with E-state index in [9.17, 15) is 27.5 Å². The zero-order valence-corrected chi connectivity index (χ0v) is 14.5. The number of hydrogen-bond donors (Lipinski definition) is 2. The van der Waals surface area contributed by atoms with E-state index in [0.717, 1.165) is 0 Å². The summed E-state index contributed by atoms with van der Waals surface area (Å²) in [5, 5.41) is 11.6. The van der Waals surface area contributed by atoms with Crippen LogP contribution in [-0.4, -0.2) is 61.4 Å². The fraction of sp³-hybridized carbons (Fsp3) is 0.471. The number of nitrogens with zero attached hydrogens (tertiary/aromatic N) is 1. The summed E-state index contributed by atoms with van der Waals surface area (Å²) < 4.78 is 64.9. The first-order chi connectivity index (χ1) is 12.8. The van der Waals surface area contributed by atoms with Gasteiger partial charge >= 0.3 is 0 Å². The molecule has 0 saturated carbocycles. The van der Waals surface area contributed by atoms with Gasteiger partial charge in [-0.25, -0.2) is 13.2 Å². The third-order valence-corrected chi connectivity index (χ3v) is 4.38. The van der Waals surface area contributed by atoms with Gasteiger partial charge in [0.2, 0.25) is 11.6 Å². The van der Waals surface area contributed by atoms with Gasteiger partial charge in [0, 0.05) is 26.2 Å². The molecule has 3 rings (SSSR count). The molecule has 1 saturated heterocycles. The first-order valence-corrected chi connectivity index (χ1v) is 8.32. The molecule has 6 nitrogen and oxygen atoms in total. The fourth-order valence-corrected chi connectivity index (χ4v) is 3.03. The predicted molar refractivity (Wildman–Crippen MR) is 86.4 cm³/mol. The van der Waals surface area contributed by atoms with Crippen LogP contribution in [0.1, 0.15) is 16.1 Å². The second-order valence-corrected chi connectivity index (χ2v) is 6.27. The number of benzene rings is 1. The molecule has 10 heteroatoms. The number of fused-ring (bicyclic) bond motifs is 1. The van der Waals surface area contributed by atoms with E-state index in [4.69, 9.17) is 9.15 Å². The maximum Gasteiger partial charge on any atom is 0.255 e. The maximum absolute atomic E-state index is 14.1. The molecule has 1 fully saturated rings. The van der Waals surface area contributed by atoms with Crippen molar-refractivity contribution in [1.29, 1.82) is 0 Å². The van der Waals surface area contributed by atoms with Gasteiger partial charge in [-0.3, -0.25) is 9.69 Å². The minimum atomic E-state index is -2.03. The Labute approximate surface area is 151 Å². The van der Waals surface area contributed by atoms with Crippen molar-refractivity contribution in [2.45, 2.75) is 13.0 Å². The second-order valence-electron chi connectivity index (χ2n) is 6.27. The van der Waals surface area contributed by atoms with Gasteiger partial charge in [0.25, 0.3) is 5.91 Å². The number of furan rings is 1. The molecule has 0 radical (unpaired) electrons. The Bertz CT molecular complexity index is 865. The van der Waals surface area contributed by atoms with E-state index >= 15 is 0 Å². The number of carbonyl (C=O) groups is 1. The number of rotatable bonds is 5. The van der Waals surface area contributed by atoms with E-state index in [-0.39, 0.29) is 18.8 Å². The smallest absolute Gasteiger partial charge is 0.255 e. The topological polar surface area (TPSA) is 74.9 Å². The van der Waals surface area contributed by atoms with Gasteiger partial charge in [0.1, 0.15) is 5.76 Å². The second kappa shape index (κ2) is 7.83. The highest BCUT2D eigenvalue weighted by atomic mass is 19.2. The summed E-state index contributed by atoms with van der Waals surface area (Å²) >= 11 is 0. The molecule has 0 unspecified atom stereocenters. The molecule has 1 amide bonds. The standard InChI is InChI=1S/C17H18F4N2O4/c1-8-10(11-12(18)13(19)14(20)15(21)16(11)27-8)17(25)22-6-9(24)7-23-2-4-26-5-3-23/h9,24H,2-7H2,1H3,(H,22,25)/t9-/m0/s1. The molecule has 27 heavy (non-hydrogen) atoms. The van der Waals surface area contributed by atoms with Gasteiger partial charge < -0.3 is 19.6 Å². The van der Waals surface area contributed by atoms with E-state index in [0.29, 0.717) is 26.3 Å². The van der Waals surface area contributed by atoms with Crippen LogP contribution in [0, 0.1) is 30.2 Å². The summed E-state index contributed by atoms with van der Waals surface area (Å²) in [7, 11) is 0. The summed E-state index contributed by atoms with van der Waals surface area (Å²) in [5.41, 5.74) is -1.32. The number of aryl methyl sites for hydroxylation is 1. The molecular weight excluding hydrogens is 372 g/mol. The monoisotopic (exact) mass is 390 g/mol. The lowest BCUT2D eigenvalue weighted by Gasteiger charge is -2.28. The molecule has 1 atom stereocenters. The highest BCUT2D eigenvalue weighted by Gasteiger charge is 2.30. The SMILES string of the molecule is Cc1oc2c(F)c(F)c(F)c(F)c2c1C(=O)NC[C@H](O)CN1CCOCC1. The highest BCUT2D eigenvalue weighted by molar-refractivity contribution is 6.07. The highest BCUT2D eigenvalue weighted by Crippen LogP contribution is 2.33. The molecule has 1 aliphatic rings. The molecule has 2 N–H and O–H groups in total. The summed E-state index contributed by atoms with van der Waals surface area (Å²) in [5.74, 6) is -8.55. The van der Waals surface area contributed by atoms with E-state index in [2.05, 4.69) is 5.32 Å². The number of halogens is 4. The minimum Gasteiger partial charge on any atom is -0.457 e. The molecule has 2 heterocycles. The van der Waals surface area contributed by atoms with E-state index in [1.54, 1.807) is 0 Å². The zero-order valence-electron chi connectivity index (χ0n) is 14.5. The number of carbonyl (C=O) groups excluding carboxylic acids is 1. The summed E-state index contributed by atoms with van der Waals surface area (Å²) in [6, 6.07) is 0. The molecule has 0 aliphatic carbocycles. The first-order valence-electron chi connectivity index (χ1n) is 8.32. The maximum atomic E-state index is 14.1. The van der Waals surface area contributed by atoms with Gasteiger partial charge in [-0.1, -0.05) is 0 Å². The van der Waals surface area contributed by atoms with Crippen molar-refractivity contribution in [3.05, 3.63) is 34.6 Å². The third-order valence-electron chi connectivity index (χ3n) is 4.38. The number of aliphatic hydroxyl groups is 1. The Morgan fingerprint density at radius 1 is 1.15 bits per heavy atom. The van der Waals surface area contributed by atoms with Crippen molar-refractivity contribution in [1.82, 2.24) is 10.2 Å². The molecule has 148 valence electrons. The van der Waals surface area contributed by atoms with Crippen LogP contribution in [0.2, 0.25) is 0 Å². The van der Waals surface area contributed by atoms with Crippen LogP contribution in [-0.2, 0) is 4.74 Å². The minimum absolute atomic E-state index is 0.171. The summed E-state index contributed by atoms with van der Waals surface area (Å²) in [4.78, 5) is 14.3. The summed E-state index contributed by atoms with van der Waals surface area (Å²) in [6.07, 6.45) is -0.915. The molecule has 0 spiro atoms. The van der Waals surface area contributed by atoms with Crippen molar-refractivity contribution in [2.24, 2.45) is 0 Å². The Morgan fingerprint density at radius 2 is 1.78 bits per heavy atom. The van der Waals surface area contributed by atoms with Crippen LogP contribution in [0.3, 0.4) is 0 Å². The number of amides is 1. The largest absolute Gasteiger partial charge is 0.457 e. The van der Waals surface area contributed by atoms with Gasteiger partial charge in [0.15, 0.2) is 17.2 Å². The number of β-amino-alcohol motifs (C(OH)–C–C–N with tert-alkyl or cyclic N) is 1. The van der Waals surface area contributed by atoms with E-state index < -0.39 is 51.8 Å². The average molecular weight is 390 g/mol. The Kier molecular flexibility index (Phi) is 5.68. The first kappa shape index (κ1) is 19.6. The molecule has 1 aromatic carbocycles. The number of nitrogens with one attached hydrogen (secondary N) is 1. The van der Waals surface area contributed by atoms with Gasteiger partial charge in [-0.05, 0) is 6.92 Å². The van der Waals surface area contributed by atoms with Crippen LogP contribution < -0.4 is 5.32 Å².